The van der Waals surface area contributed by atoms with E-state index in [4.69, 9.17) is 22.7 Å². The van der Waals surface area contributed by atoms with Crippen LogP contribution in [0.4, 0.5) is 0 Å². The Morgan fingerprint density at radius 3 is 1.71 bits per heavy atom. The molecule has 0 amide bonds. The van der Waals surface area contributed by atoms with Crippen LogP contribution in [0.5, 0.6) is 0 Å². The number of aryl methyl sites for hydroxylation is 1. The minimum atomic E-state index is -0.364. The number of oxazole rings is 1. The summed E-state index contributed by atoms with van der Waals surface area (Å²) in [7, 11) is 0. The lowest BCUT2D eigenvalue weighted by Gasteiger charge is -2.05. The van der Waals surface area contributed by atoms with Crippen molar-refractivity contribution in [3.8, 4) is 79.8 Å². The molecule has 0 N–H and O–H groups in total. The van der Waals surface area contributed by atoms with Gasteiger partial charge >= 0.3 is 5.97 Å². The number of ether oxygens (including phenoxy) is 1. The van der Waals surface area contributed by atoms with Crippen molar-refractivity contribution < 1.29 is 27.5 Å². The number of carbonyl (C=O) groups excluding carboxylic acids is 1. The molecular formula is C39H29N7O6. The van der Waals surface area contributed by atoms with Gasteiger partial charge in [0.1, 0.15) is 12.0 Å². The second-order valence-corrected chi connectivity index (χ2v) is 11.8. The first-order valence-corrected chi connectivity index (χ1v) is 16.5. The van der Waals surface area contributed by atoms with Crippen molar-refractivity contribution >= 4 is 5.97 Å². The Hall–Kier alpha value is -7.02. The fourth-order valence-electron chi connectivity index (χ4n) is 5.44. The number of unbranched alkanes of at least 4 members (excludes halogenated alkanes) is 1. The van der Waals surface area contributed by atoms with Crippen LogP contribution in [-0.2, 0) is 4.74 Å². The summed E-state index contributed by atoms with van der Waals surface area (Å²) in [5.41, 5.74) is 6.05. The van der Waals surface area contributed by atoms with Crippen molar-refractivity contribution in [1.82, 2.24) is 35.4 Å². The Balaban J connectivity index is 0.989. The van der Waals surface area contributed by atoms with Gasteiger partial charge in [0.2, 0.25) is 17.5 Å². The molecule has 8 rings (SSSR count). The molecule has 13 nitrogen and oxygen atoms in total. The summed E-state index contributed by atoms with van der Waals surface area (Å²) in [6.07, 6.45) is 3.33. The van der Waals surface area contributed by atoms with E-state index in [0.29, 0.717) is 86.7 Å². The molecular weight excluding hydrogens is 662 g/mol. The molecule has 13 heteroatoms. The largest absolute Gasteiger partial charge is 0.462 e. The molecule has 0 fully saturated rings. The molecule has 0 radical (unpaired) electrons. The Morgan fingerprint density at radius 2 is 1.12 bits per heavy atom. The van der Waals surface area contributed by atoms with Crippen LogP contribution in [0, 0.1) is 6.92 Å². The van der Waals surface area contributed by atoms with Gasteiger partial charge in [-0.05, 0) is 67.9 Å². The van der Waals surface area contributed by atoms with Crippen LogP contribution in [0.25, 0.3) is 79.8 Å². The van der Waals surface area contributed by atoms with Gasteiger partial charge in [-0.25, -0.2) is 9.78 Å². The van der Waals surface area contributed by atoms with E-state index in [2.05, 4.69) is 35.4 Å². The molecule has 0 unspecified atom stereocenters. The molecule has 0 saturated carbocycles. The van der Waals surface area contributed by atoms with Crippen LogP contribution < -0.4 is 0 Å². The number of esters is 1. The van der Waals surface area contributed by atoms with Gasteiger partial charge in [-0.15, -0.1) is 0 Å². The highest BCUT2D eigenvalue weighted by Gasteiger charge is 2.18. The first kappa shape index (κ1) is 32.2. The Kier molecular flexibility index (Phi) is 8.71. The molecule has 0 aliphatic heterocycles. The third-order valence-electron chi connectivity index (χ3n) is 8.10. The summed E-state index contributed by atoms with van der Waals surface area (Å²) >= 11 is 0. The number of benzene rings is 4. The van der Waals surface area contributed by atoms with E-state index in [1.165, 1.54) is 0 Å². The van der Waals surface area contributed by atoms with Crippen molar-refractivity contribution in [2.45, 2.75) is 26.7 Å². The van der Waals surface area contributed by atoms with Crippen LogP contribution in [0.1, 0.15) is 35.9 Å². The van der Waals surface area contributed by atoms with Crippen molar-refractivity contribution in [2.75, 3.05) is 6.61 Å². The first-order chi connectivity index (χ1) is 25.5. The summed E-state index contributed by atoms with van der Waals surface area (Å²) < 4.78 is 27.8. The van der Waals surface area contributed by atoms with E-state index < -0.39 is 0 Å². The molecule has 256 valence electrons. The highest BCUT2D eigenvalue weighted by Crippen LogP contribution is 2.31. The first-order valence-electron chi connectivity index (χ1n) is 16.5. The van der Waals surface area contributed by atoms with E-state index in [1.54, 1.807) is 31.4 Å². The fraction of sp³-hybridized carbons (Fsp3) is 0.128. The Morgan fingerprint density at radius 1 is 0.596 bits per heavy atom. The quantitative estimate of drug-likeness (QED) is 0.0932. The molecule has 0 saturated heterocycles. The number of rotatable bonds is 11. The average molecular weight is 692 g/mol. The topological polar surface area (TPSA) is 169 Å². The molecule has 4 heterocycles. The lowest BCUT2D eigenvalue weighted by atomic mass is 10.1. The average Bonchev–Trinajstić information content (AvgIpc) is 4.03. The molecule has 52 heavy (non-hydrogen) atoms. The zero-order valence-electron chi connectivity index (χ0n) is 28.0. The van der Waals surface area contributed by atoms with E-state index >= 15 is 0 Å². The van der Waals surface area contributed by atoms with E-state index in [0.717, 1.165) is 24.0 Å². The Labute approximate surface area is 296 Å². The van der Waals surface area contributed by atoms with Gasteiger partial charge in [0, 0.05) is 38.9 Å². The van der Waals surface area contributed by atoms with E-state index in [1.807, 2.05) is 85.8 Å². The highest BCUT2D eigenvalue weighted by atomic mass is 16.5. The number of aromatic nitrogens is 7. The predicted molar refractivity (Wildman–Crippen MR) is 188 cm³/mol. The van der Waals surface area contributed by atoms with Gasteiger partial charge in [0.05, 0.1) is 12.2 Å². The molecule has 0 aliphatic carbocycles. The maximum atomic E-state index is 12.5. The second-order valence-electron chi connectivity index (χ2n) is 11.8. The zero-order valence-corrected chi connectivity index (χ0v) is 28.0. The van der Waals surface area contributed by atoms with Crippen LogP contribution in [0.15, 0.2) is 121 Å². The van der Waals surface area contributed by atoms with E-state index in [-0.39, 0.29) is 5.97 Å². The minimum Gasteiger partial charge on any atom is -0.462 e. The number of carbonyl (C=O) groups is 1. The summed E-state index contributed by atoms with van der Waals surface area (Å²) in [5.74, 6) is 2.44. The molecule has 4 aromatic heterocycles. The van der Waals surface area contributed by atoms with Gasteiger partial charge in [0.25, 0.3) is 17.7 Å². The monoisotopic (exact) mass is 691 g/mol. The zero-order chi connectivity index (χ0) is 35.4. The second kappa shape index (κ2) is 14.1. The molecule has 0 bridgehead atoms. The molecule has 0 spiro atoms. The lowest BCUT2D eigenvalue weighted by molar-refractivity contribution is 0.0499. The van der Waals surface area contributed by atoms with Crippen molar-refractivity contribution in [2.24, 2.45) is 0 Å². The van der Waals surface area contributed by atoms with Gasteiger partial charge in [0.15, 0.2) is 5.82 Å². The third kappa shape index (κ3) is 6.74. The van der Waals surface area contributed by atoms with Gasteiger partial charge in [-0.1, -0.05) is 71.3 Å². The third-order valence-corrected chi connectivity index (χ3v) is 8.10. The highest BCUT2D eigenvalue weighted by molar-refractivity contribution is 5.91. The van der Waals surface area contributed by atoms with Crippen molar-refractivity contribution in [3.05, 3.63) is 115 Å². The van der Waals surface area contributed by atoms with Crippen LogP contribution in [-0.4, -0.2) is 48.0 Å². The van der Waals surface area contributed by atoms with Crippen LogP contribution in [0.3, 0.4) is 0 Å². The van der Waals surface area contributed by atoms with Gasteiger partial charge < -0.3 is 22.7 Å². The lowest BCUT2D eigenvalue weighted by Crippen LogP contribution is -2.06. The van der Waals surface area contributed by atoms with Gasteiger partial charge in [-0.3, -0.25) is 0 Å². The molecule has 4 aromatic carbocycles. The van der Waals surface area contributed by atoms with Crippen molar-refractivity contribution in [1.29, 1.82) is 0 Å². The summed E-state index contributed by atoms with van der Waals surface area (Å²) in [6, 6.07) is 29.5. The maximum absolute atomic E-state index is 12.5. The maximum Gasteiger partial charge on any atom is 0.338 e. The smallest absolute Gasteiger partial charge is 0.338 e. The minimum absolute atomic E-state index is 0.321. The number of hydrogen-bond donors (Lipinski definition) is 0. The fourth-order valence-corrected chi connectivity index (χ4v) is 5.44. The SMILES string of the molecule is CCCCOC(=O)c1cccc(-c2coc(-c3cccc(-c4nc(-c5cccc(-c6noc(-c7cccc(-c8nc(C)no8)c7)n6)c5)no4)c3)n2)c1. The standard InChI is InChI=1S/C39H29N7O6/c1-3-4-17-48-39(47)31-16-5-9-24(18-31)32-22-49-35(41-32)27-12-7-14-29(20-27)37-42-33(45-51-37)25-10-6-11-26(19-25)34-43-38(52-46-34)30-15-8-13-28(21-30)36-40-23(2)44-50-36/h5-16,18-22H,3-4,17H2,1-2H3. The predicted octanol–water partition coefficient (Wildman–Crippen LogP) is 8.76. The van der Waals surface area contributed by atoms with Crippen LogP contribution in [0.2, 0.25) is 0 Å². The summed E-state index contributed by atoms with van der Waals surface area (Å²) in [4.78, 5) is 30.7. The Bertz CT molecular complexity index is 2510. The van der Waals surface area contributed by atoms with Gasteiger partial charge in [-0.2, -0.15) is 15.0 Å². The molecule has 0 atom stereocenters. The van der Waals surface area contributed by atoms with E-state index in [9.17, 15) is 4.79 Å². The normalized spacial score (nSPS) is 11.2. The number of nitrogens with zero attached hydrogens (tertiary/aromatic N) is 7. The molecule has 8 aromatic rings. The van der Waals surface area contributed by atoms with Crippen molar-refractivity contribution in [3.63, 3.8) is 0 Å². The molecule has 0 aliphatic rings. The van der Waals surface area contributed by atoms with Crippen LogP contribution >= 0.6 is 0 Å². The summed E-state index contributed by atoms with van der Waals surface area (Å²) in [5, 5.41) is 12.3. The number of hydrogen-bond acceptors (Lipinski definition) is 13. The summed E-state index contributed by atoms with van der Waals surface area (Å²) in [6.45, 7) is 4.20.